The van der Waals surface area contributed by atoms with E-state index in [0.717, 1.165) is 5.56 Å². The first-order chi connectivity index (χ1) is 18.5. The molecular weight excluding hydrogens is 482 g/mol. The zero-order valence-electron chi connectivity index (χ0n) is 19.7. The zero-order valence-corrected chi connectivity index (χ0v) is 19.7. The summed E-state index contributed by atoms with van der Waals surface area (Å²) in [5.41, 5.74) is 5.84. The van der Waals surface area contributed by atoms with Crippen molar-refractivity contribution in [1.82, 2.24) is 9.97 Å². The van der Waals surface area contributed by atoms with E-state index in [1.807, 2.05) is 30.3 Å². The molecule has 1 N–H and O–H groups in total. The molecule has 1 aromatic heterocycles. The molecule has 0 radical (unpaired) electrons. The Kier molecular flexibility index (Phi) is 5.50. The van der Waals surface area contributed by atoms with Gasteiger partial charge in [0.2, 0.25) is 0 Å². The number of benzene rings is 4. The maximum atomic E-state index is 13.6. The van der Waals surface area contributed by atoms with Crippen LogP contribution in [0.25, 0.3) is 22.3 Å². The quantitative estimate of drug-likeness (QED) is 0.190. The zero-order chi connectivity index (χ0) is 26.2. The molecule has 1 aliphatic rings. The summed E-state index contributed by atoms with van der Waals surface area (Å²) in [7, 11) is 0. The van der Waals surface area contributed by atoms with Crippen molar-refractivity contribution < 1.29 is 14.5 Å². The number of hydrogen-bond acceptors (Lipinski definition) is 8. The lowest BCUT2D eigenvalue weighted by Crippen LogP contribution is -2.21. The number of fused-ring (bicyclic) bond motifs is 4. The van der Waals surface area contributed by atoms with Gasteiger partial charge in [-0.3, -0.25) is 25.1 Å². The van der Waals surface area contributed by atoms with Crippen molar-refractivity contribution in [3.05, 3.63) is 129 Å². The molecule has 5 aromatic rings. The van der Waals surface area contributed by atoms with Gasteiger partial charge in [0, 0.05) is 39.8 Å². The van der Waals surface area contributed by atoms with Gasteiger partial charge in [-0.2, -0.15) is 5.10 Å². The highest BCUT2D eigenvalue weighted by Crippen LogP contribution is 2.35. The van der Waals surface area contributed by atoms with E-state index in [-0.39, 0.29) is 22.8 Å². The van der Waals surface area contributed by atoms with E-state index in [2.05, 4.69) is 15.5 Å². The number of hydrazone groups is 1. The van der Waals surface area contributed by atoms with E-state index in [0.29, 0.717) is 44.8 Å². The number of aromatic nitrogens is 2. The van der Waals surface area contributed by atoms with Crippen LogP contribution in [0.15, 0.2) is 96.1 Å². The number of anilines is 1. The van der Waals surface area contributed by atoms with Crippen molar-refractivity contribution in [3.63, 3.8) is 0 Å². The first kappa shape index (κ1) is 22.9. The number of nitro benzene ring substituents is 1. The van der Waals surface area contributed by atoms with Crippen molar-refractivity contribution in [2.24, 2.45) is 5.10 Å². The second-order valence-electron chi connectivity index (χ2n) is 8.57. The molecule has 0 saturated carbocycles. The maximum absolute atomic E-state index is 13.6. The van der Waals surface area contributed by atoms with Gasteiger partial charge >= 0.3 is 0 Å². The maximum Gasteiger partial charge on any atom is 0.269 e. The normalized spacial score (nSPS) is 12.4. The number of carbonyl (C=O) groups excluding carboxylic acids is 2. The third kappa shape index (κ3) is 3.88. The fourth-order valence-corrected chi connectivity index (χ4v) is 4.42. The first-order valence-corrected chi connectivity index (χ1v) is 11.6. The lowest BCUT2D eigenvalue weighted by atomic mass is 9.83. The van der Waals surface area contributed by atoms with Gasteiger partial charge in [0.05, 0.1) is 22.2 Å². The van der Waals surface area contributed by atoms with Gasteiger partial charge in [-0.15, -0.1) is 0 Å². The van der Waals surface area contributed by atoms with Crippen LogP contribution in [0.4, 0.5) is 11.5 Å². The van der Waals surface area contributed by atoms with Crippen LogP contribution in [0.2, 0.25) is 0 Å². The summed E-state index contributed by atoms with van der Waals surface area (Å²) < 4.78 is 0. The average molecular weight is 499 g/mol. The Morgan fingerprint density at radius 2 is 1.45 bits per heavy atom. The van der Waals surface area contributed by atoms with Gasteiger partial charge in [-0.05, 0) is 29.8 Å². The van der Waals surface area contributed by atoms with Crippen molar-refractivity contribution in [2.75, 3.05) is 5.43 Å². The highest BCUT2D eigenvalue weighted by Gasteiger charge is 2.32. The van der Waals surface area contributed by atoms with Gasteiger partial charge in [-0.25, -0.2) is 9.97 Å². The molecule has 6 rings (SSSR count). The van der Waals surface area contributed by atoms with Crippen LogP contribution in [0.3, 0.4) is 0 Å². The van der Waals surface area contributed by atoms with Gasteiger partial charge in [-0.1, -0.05) is 54.6 Å². The molecule has 182 valence electrons. The predicted molar refractivity (Wildman–Crippen MR) is 143 cm³/mol. The van der Waals surface area contributed by atoms with E-state index in [4.69, 9.17) is 4.98 Å². The molecule has 0 bridgehead atoms. The predicted octanol–water partition coefficient (Wildman–Crippen LogP) is 5.43. The summed E-state index contributed by atoms with van der Waals surface area (Å²) in [6, 6.07) is 25.3. The monoisotopic (exact) mass is 499 g/mol. The molecule has 1 heterocycles. The molecule has 0 fully saturated rings. The second kappa shape index (κ2) is 9.14. The van der Waals surface area contributed by atoms with E-state index < -0.39 is 4.92 Å². The molecule has 9 heteroatoms. The smallest absolute Gasteiger partial charge is 0.269 e. The lowest BCUT2D eigenvalue weighted by Gasteiger charge is -2.19. The Morgan fingerprint density at radius 3 is 2.16 bits per heavy atom. The Hall–Kier alpha value is -5.57. The van der Waals surface area contributed by atoms with E-state index in [9.17, 15) is 19.7 Å². The highest BCUT2D eigenvalue weighted by molar-refractivity contribution is 6.32. The molecule has 9 nitrogen and oxygen atoms in total. The highest BCUT2D eigenvalue weighted by atomic mass is 16.6. The molecule has 0 unspecified atom stereocenters. The average Bonchev–Trinajstić information content (AvgIpc) is 2.96. The Labute approximate surface area is 215 Å². The minimum absolute atomic E-state index is 0.0185. The number of nitro groups is 1. The fraction of sp³-hybridized carbons (Fsp3) is 0. The molecule has 4 aromatic carbocycles. The van der Waals surface area contributed by atoms with Crippen molar-refractivity contribution in [3.8, 4) is 11.4 Å². The number of nitrogens with one attached hydrogen (secondary N) is 1. The third-order valence-corrected chi connectivity index (χ3v) is 6.28. The second-order valence-corrected chi connectivity index (χ2v) is 8.57. The molecular formula is C29H17N5O4. The van der Waals surface area contributed by atoms with Crippen LogP contribution in [0.1, 0.15) is 37.4 Å². The van der Waals surface area contributed by atoms with E-state index >= 15 is 0 Å². The van der Waals surface area contributed by atoms with E-state index in [1.54, 1.807) is 48.5 Å². The SMILES string of the molecule is O=C1c2ccccc2C(=O)c2c1ccc1c(N/N=C/c3ccc([N+](=O)[O-])cc3)nc(-c3ccccc3)nc21. The van der Waals surface area contributed by atoms with E-state index in [1.165, 1.54) is 18.3 Å². The summed E-state index contributed by atoms with van der Waals surface area (Å²) in [6.07, 6.45) is 1.50. The standard InChI is InChI=1S/C29H17N5O4/c35-26-20-8-4-5-9-21(20)27(36)24-22(26)14-15-23-25(24)31-28(18-6-2-1-3-7-18)32-29(23)33-30-16-17-10-12-19(13-11-17)34(37)38/h1-16H,(H,31,32,33)/b30-16+. The Bertz CT molecular complexity index is 1800. The lowest BCUT2D eigenvalue weighted by molar-refractivity contribution is -0.384. The Morgan fingerprint density at radius 1 is 0.763 bits per heavy atom. The molecule has 0 saturated heterocycles. The van der Waals surface area contributed by atoms with Gasteiger partial charge in [0.25, 0.3) is 5.69 Å². The van der Waals surface area contributed by atoms with Crippen LogP contribution in [0, 0.1) is 10.1 Å². The van der Waals surface area contributed by atoms with Crippen LogP contribution in [-0.4, -0.2) is 32.7 Å². The first-order valence-electron chi connectivity index (χ1n) is 11.6. The summed E-state index contributed by atoms with van der Waals surface area (Å²) in [5, 5.41) is 15.7. The largest absolute Gasteiger partial charge is 0.289 e. The Balaban J connectivity index is 1.48. The van der Waals surface area contributed by atoms with Crippen LogP contribution in [0.5, 0.6) is 0 Å². The topological polar surface area (TPSA) is 127 Å². The van der Waals surface area contributed by atoms with Crippen molar-refractivity contribution >= 4 is 40.2 Å². The minimum atomic E-state index is -0.470. The molecule has 0 aliphatic heterocycles. The van der Waals surface area contributed by atoms with Crippen molar-refractivity contribution in [2.45, 2.75) is 0 Å². The molecule has 38 heavy (non-hydrogen) atoms. The minimum Gasteiger partial charge on any atom is -0.289 e. The number of non-ortho nitro benzene ring substituents is 1. The van der Waals surface area contributed by atoms with Gasteiger partial charge in [0.1, 0.15) is 0 Å². The third-order valence-electron chi connectivity index (χ3n) is 6.28. The fourth-order valence-electron chi connectivity index (χ4n) is 4.42. The summed E-state index contributed by atoms with van der Waals surface area (Å²) in [4.78, 5) is 46.7. The number of nitrogens with zero attached hydrogens (tertiary/aromatic N) is 4. The number of ketones is 2. The summed E-state index contributed by atoms with van der Waals surface area (Å²) in [5.74, 6) is 0.189. The molecule has 1 aliphatic carbocycles. The number of rotatable bonds is 5. The summed E-state index contributed by atoms with van der Waals surface area (Å²) in [6.45, 7) is 0. The number of hydrogen-bond donors (Lipinski definition) is 1. The van der Waals surface area contributed by atoms with Gasteiger partial charge in [0.15, 0.2) is 23.2 Å². The van der Waals surface area contributed by atoms with Gasteiger partial charge < -0.3 is 0 Å². The number of carbonyl (C=O) groups is 2. The molecule has 0 spiro atoms. The van der Waals surface area contributed by atoms with Crippen LogP contribution < -0.4 is 5.43 Å². The molecule has 0 amide bonds. The van der Waals surface area contributed by atoms with Crippen molar-refractivity contribution in [1.29, 1.82) is 0 Å². The van der Waals surface area contributed by atoms with Crippen LogP contribution in [-0.2, 0) is 0 Å². The summed E-state index contributed by atoms with van der Waals surface area (Å²) >= 11 is 0. The molecule has 0 atom stereocenters. The van der Waals surface area contributed by atoms with Crippen LogP contribution >= 0.6 is 0 Å².